The molecule has 0 saturated carbocycles. The molecule has 2 N–H and O–H groups in total. The molecule has 0 atom stereocenters. The molecule has 138 valence electrons. The molecule has 1 aliphatic rings. The fraction of sp³-hybridized carbons (Fsp3) is 0.353. The van der Waals surface area contributed by atoms with Crippen LogP contribution in [-0.4, -0.2) is 54.9 Å². The summed E-state index contributed by atoms with van der Waals surface area (Å²) in [5, 5.41) is 6.85. The van der Waals surface area contributed by atoms with Crippen molar-refractivity contribution in [3.05, 3.63) is 35.9 Å². The number of hydrogen-bond acceptors (Lipinski definition) is 8. The monoisotopic (exact) mass is 376 g/mol. The second kappa shape index (κ2) is 8.68. The molecule has 1 aliphatic heterocycles. The highest BCUT2D eigenvalue weighted by molar-refractivity contribution is 6.31. The highest BCUT2D eigenvalue weighted by Gasteiger charge is 2.17. The number of benzene rings is 1. The van der Waals surface area contributed by atoms with Crippen molar-refractivity contribution in [1.29, 1.82) is 0 Å². The molecule has 1 saturated heterocycles. The Kier molecular flexibility index (Phi) is 6.08. The molecule has 1 aromatic carbocycles. The van der Waals surface area contributed by atoms with Crippen molar-refractivity contribution in [3.8, 4) is 5.75 Å². The lowest BCUT2D eigenvalue weighted by Gasteiger charge is -2.27. The molecule has 0 aliphatic carbocycles. The van der Waals surface area contributed by atoms with Gasteiger partial charge in [0.05, 0.1) is 26.0 Å². The van der Waals surface area contributed by atoms with Gasteiger partial charge in [-0.25, -0.2) is 0 Å². The number of anilines is 4. The Morgan fingerprint density at radius 2 is 2.04 bits per heavy atom. The van der Waals surface area contributed by atoms with Crippen molar-refractivity contribution in [3.63, 3.8) is 0 Å². The maximum absolute atomic E-state index is 6.10. The van der Waals surface area contributed by atoms with E-state index in [1.807, 2.05) is 0 Å². The van der Waals surface area contributed by atoms with Gasteiger partial charge in [0.15, 0.2) is 0 Å². The molecule has 0 amide bonds. The van der Waals surface area contributed by atoms with Gasteiger partial charge in [0.2, 0.25) is 17.8 Å². The highest BCUT2D eigenvalue weighted by Crippen LogP contribution is 2.30. The largest absolute Gasteiger partial charge is 0.495 e. The van der Waals surface area contributed by atoms with Crippen molar-refractivity contribution >= 4 is 35.1 Å². The first kappa shape index (κ1) is 18.2. The SMILES string of the molecule is C=CCNc1nc(Nc2cc(Cl)ccc2OC)nc(N2CCOCC2)n1. The number of aromatic nitrogens is 3. The minimum Gasteiger partial charge on any atom is -0.495 e. The molecular weight excluding hydrogens is 356 g/mol. The molecule has 0 spiro atoms. The standard InChI is InChI=1S/C17H21ClN6O2/c1-3-6-19-15-21-16(20-13-11-12(18)4-5-14(13)25-2)23-17(22-15)24-7-9-26-10-8-24/h3-5,11H,1,6-10H2,2H3,(H2,19,20,21,22,23). The first-order valence-corrected chi connectivity index (χ1v) is 8.61. The zero-order valence-corrected chi connectivity index (χ0v) is 15.3. The smallest absolute Gasteiger partial charge is 0.233 e. The van der Waals surface area contributed by atoms with E-state index in [0.717, 1.165) is 13.1 Å². The Bertz CT molecular complexity index is 767. The average molecular weight is 377 g/mol. The van der Waals surface area contributed by atoms with Crippen molar-refractivity contribution in [1.82, 2.24) is 15.0 Å². The number of morpholine rings is 1. The lowest BCUT2D eigenvalue weighted by atomic mass is 10.3. The van der Waals surface area contributed by atoms with Crippen LogP contribution in [0.25, 0.3) is 0 Å². The van der Waals surface area contributed by atoms with E-state index in [4.69, 9.17) is 21.1 Å². The minimum atomic E-state index is 0.397. The Labute approximate surface area is 157 Å². The summed E-state index contributed by atoms with van der Waals surface area (Å²) in [4.78, 5) is 15.5. The molecule has 0 unspecified atom stereocenters. The van der Waals surface area contributed by atoms with Gasteiger partial charge < -0.3 is 25.0 Å². The predicted molar refractivity (Wildman–Crippen MR) is 103 cm³/mol. The molecule has 9 heteroatoms. The summed E-state index contributed by atoms with van der Waals surface area (Å²) in [6.07, 6.45) is 1.74. The van der Waals surface area contributed by atoms with Gasteiger partial charge in [0.1, 0.15) is 5.75 Å². The van der Waals surface area contributed by atoms with E-state index in [1.54, 1.807) is 31.4 Å². The van der Waals surface area contributed by atoms with E-state index in [1.165, 1.54) is 0 Å². The lowest BCUT2D eigenvalue weighted by molar-refractivity contribution is 0.122. The third-order valence-corrected chi connectivity index (χ3v) is 3.97. The summed E-state index contributed by atoms with van der Waals surface area (Å²) in [6.45, 7) is 6.99. The van der Waals surface area contributed by atoms with Gasteiger partial charge >= 0.3 is 0 Å². The van der Waals surface area contributed by atoms with Crippen molar-refractivity contribution < 1.29 is 9.47 Å². The van der Waals surface area contributed by atoms with E-state index in [9.17, 15) is 0 Å². The van der Waals surface area contributed by atoms with Gasteiger partial charge in [-0.3, -0.25) is 0 Å². The van der Waals surface area contributed by atoms with Crippen LogP contribution < -0.4 is 20.3 Å². The van der Waals surface area contributed by atoms with Crippen molar-refractivity contribution in [2.24, 2.45) is 0 Å². The number of ether oxygens (including phenoxy) is 2. The molecule has 0 radical (unpaired) electrons. The van der Waals surface area contributed by atoms with E-state index < -0.39 is 0 Å². The summed E-state index contributed by atoms with van der Waals surface area (Å²) in [5.74, 6) is 2.08. The van der Waals surface area contributed by atoms with Crippen LogP contribution in [0.1, 0.15) is 0 Å². The minimum absolute atomic E-state index is 0.397. The van der Waals surface area contributed by atoms with Crippen LogP contribution >= 0.6 is 11.6 Å². The van der Waals surface area contributed by atoms with Crippen LogP contribution in [0, 0.1) is 0 Å². The highest BCUT2D eigenvalue weighted by atomic mass is 35.5. The molecule has 1 fully saturated rings. The lowest BCUT2D eigenvalue weighted by Crippen LogP contribution is -2.37. The summed E-state index contributed by atoms with van der Waals surface area (Å²) in [7, 11) is 1.60. The molecule has 1 aromatic heterocycles. The molecule has 2 heterocycles. The van der Waals surface area contributed by atoms with Crippen LogP contribution in [-0.2, 0) is 4.74 Å². The van der Waals surface area contributed by atoms with Crippen LogP contribution in [0.2, 0.25) is 5.02 Å². The second-order valence-electron chi connectivity index (χ2n) is 5.52. The number of methoxy groups -OCH3 is 1. The Morgan fingerprint density at radius 1 is 1.27 bits per heavy atom. The molecular formula is C17H21ClN6O2. The third kappa shape index (κ3) is 4.53. The molecule has 2 aromatic rings. The van der Waals surface area contributed by atoms with Crippen LogP contribution in [0.5, 0.6) is 5.75 Å². The van der Waals surface area contributed by atoms with E-state index in [0.29, 0.717) is 54.1 Å². The summed E-state index contributed by atoms with van der Waals surface area (Å²) < 4.78 is 10.8. The van der Waals surface area contributed by atoms with Crippen molar-refractivity contribution in [2.45, 2.75) is 0 Å². The van der Waals surface area contributed by atoms with E-state index in [2.05, 4.69) is 37.1 Å². The van der Waals surface area contributed by atoms with Crippen molar-refractivity contribution in [2.75, 3.05) is 55.5 Å². The summed E-state index contributed by atoms with van der Waals surface area (Å²) >= 11 is 6.10. The Hall–Kier alpha value is -2.58. The number of nitrogens with zero attached hydrogens (tertiary/aromatic N) is 4. The van der Waals surface area contributed by atoms with Gasteiger partial charge in [-0.2, -0.15) is 15.0 Å². The molecule has 8 nitrogen and oxygen atoms in total. The first-order chi connectivity index (χ1) is 12.7. The number of nitrogens with one attached hydrogen (secondary N) is 2. The summed E-state index contributed by atoms with van der Waals surface area (Å²) in [5.41, 5.74) is 0.675. The fourth-order valence-electron chi connectivity index (χ4n) is 2.47. The second-order valence-corrected chi connectivity index (χ2v) is 5.96. The number of halogens is 1. The zero-order chi connectivity index (χ0) is 18.4. The van der Waals surface area contributed by atoms with E-state index in [-0.39, 0.29) is 0 Å². The average Bonchev–Trinajstić information content (AvgIpc) is 2.67. The van der Waals surface area contributed by atoms with Gasteiger partial charge in [-0.05, 0) is 18.2 Å². The molecule has 26 heavy (non-hydrogen) atoms. The normalized spacial score (nSPS) is 14.0. The maximum atomic E-state index is 6.10. The van der Waals surface area contributed by atoms with Gasteiger partial charge in [-0.15, -0.1) is 6.58 Å². The van der Waals surface area contributed by atoms with Gasteiger partial charge in [-0.1, -0.05) is 17.7 Å². The first-order valence-electron chi connectivity index (χ1n) is 8.23. The topological polar surface area (TPSA) is 84.4 Å². The zero-order valence-electron chi connectivity index (χ0n) is 14.5. The van der Waals surface area contributed by atoms with Crippen LogP contribution in [0.15, 0.2) is 30.9 Å². The Balaban J connectivity index is 1.91. The van der Waals surface area contributed by atoms with E-state index >= 15 is 0 Å². The molecule has 0 bridgehead atoms. The van der Waals surface area contributed by atoms with Gasteiger partial charge in [0.25, 0.3) is 0 Å². The summed E-state index contributed by atoms with van der Waals surface area (Å²) in [6, 6.07) is 5.30. The van der Waals surface area contributed by atoms with Crippen LogP contribution in [0.3, 0.4) is 0 Å². The number of hydrogen-bond donors (Lipinski definition) is 2. The fourth-order valence-corrected chi connectivity index (χ4v) is 2.64. The van der Waals surface area contributed by atoms with Crippen LogP contribution in [0.4, 0.5) is 23.5 Å². The third-order valence-electron chi connectivity index (χ3n) is 3.73. The van der Waals surface area contributed by atoms with Gasteiger partial charge in [0, 0.05) is 24.7 Å². The molecule has 3 rings (SSSR count). The Morgan fingerprint density at radius 3 is 2.77 bits per heavy atom. The maximum Gasteiger partial charge on any atom is 0.233 e. The quantitative estimate of drug-likeness (QED) is 0.713. The predicted octanol–water partition coefficient (Wildman–Crippen LogP) is 2.71. The number of rotatable bonds is 7.